The van der Waals surface area contributed by atoms with Gasteiger partial charge in [-0.2, -0.15) is 0 Å². The number of rotatable bonds is 3. The first-order valence-electron chi connectivity index (χ1n) is 7.03. The molecule has 2 heteroatoms. The summed E-state index contributed by atoms with van der Waals surface area (Å²) >= 11 is 0. The fourth-order valence-corrected chi connectivity index (χ4v) is 2.36. The van der Waals surface area contributed by atoms with Gasteiger partial charge >= 0.3 is 0 Å². The lowest BCUT2D eigenvalue weighted by Gasteiger charge is -2.19. The molecule has 1 amide bonds. The minimum atomic E-state index is 0.0941. The van der Waals surface area contributed by atoms with Crippen LogP contribution in [0.5, 0.6) is 0 Å². The molecule has 1 aliphatic carbocycles. The second-order valence-corrected chi connectivity index (χ2v) is 6.31. The van der Waals surface area contributed by atoms with Gasteiger partial charge in [0.05, 0.1) is 0 Å². The second kappa shape index (κ2) is 5.60. The number of carbonyl (C=O) groups is 1. The lowest BCUT2D eigenvalue weighted by molar-refractivity contribution is -0.115. The van der Waals surface area contributed by atoms with E-state index in [0.29, 0.717) is 6.42 Å². The van der Waals surface area contributed by atoms with Gasteiger partial charge in [-0.05, 0) is 42.4 Å². The minimum Gasteiger partial charge on any atom is -0.326 e. The summed E-state index contributed by atoms with van der Waals surface area (Å²) in [7, 11) is 0. The van der Waals surface area contributed by atoms with Gasteiger partial charge in [0, 0.05) is 12.1 Å². The third-order valence-corrected chi connectivity index (χ3v) is 3.56. The van der Waals surface area contributed by atoms with Crippen molar-refractivity contribution in [2.75, 3.05) is 5.32 Å². The van der Waals surface area contributed by atoms with Crippen LogP contribution in [0.1, 0.15) is 52.0 Å². The van der Waals surface area contributed by atoms with E-state index in [0.717, 1.165) is 18.5 Å². The first kappa shape index (κ1) is 13.9. The van der Waals surface area contributed by atoms with E-state index in [9.17, 15) is 4.79 Å². The van der Waals surface area contributed by atoms with Gasteiger partial charge in [0.2, 0.25) is 5.91 Å². The van der Waals surface area contributed by atoms with Crippen LogP contribution in [0, 0.1) is 0 Å². The molecule has 0 unspecified atom stereocenters. The maximum absolute atomic E-state index is 11.9. The SMILES string of the molecule is CC(C)(C)c1ccc(NC(=O)CC2=CCCC2)cc1. The highest BCUT2D eigenvalue weighted by molar-refractivity contribution is 5.92. The standard InChI is InChI=1S/C17H23NO/c1-17(2,3)14-8-10-15(11-9-14)18-16(19)12-13-6-4-5-7-13/h6,8-11H,4-5,7,12H2,1-3H3,(H,18,19). The molecule has 0 atom stereocenters. The van der Waals surface area contributed by atoms with Gasteiger partial charge in [0.1, 0.15) is 0 Å². The Morgan fingerprint density at radius 3 is 2.42 bits per heavy atom. The number of anilines is 1. The first-order chi connectivity index (χ1) is 8.95. The van der Waals surface area contributed by atoms with Crippen molar-refractivity contribution in [1.82, 2.24) is 0 Å². The zero-order valence-corrected chi connectivity index (χ0v) is 12.1. The van der Waals surface area contributed by atoms with Crippen molar-refractivity contribution in [2.24, 2.45) is 0 Å². The highest BCUT2D eigenvalue weighted by atomic mass is 16.1. The van der Waals surface area contributed by atoms with Crippen LogP contribution in [0.3, 0.4) is 0 Å². The van der Waals surface area contributed by atoms with Crippen LogP contribution in [-0.4, -0.2) is 5.91 Å². The lowest BCUT2D eigenvalue weighted by atomic mass is 9.87. The summed E-state index contributed by atoms with van der Waals surface area (Å²) in [5.74, 6) is 0.0941. The molecule has 0 bridgehead atoms. The summed E-state index contributed by atoms with van der Waals surface area (Å²) < 4.78 is 0. The van der Waals surface area contributed by atoms with Crippen LogP contribution in [-0.2, 0) is 10.2 Å². The van der Waals surface area contributed by atoms with Crippen molar-refractivity contribution >= 4 is 11.6 Å². The highest BCUT2D eigenvalue weighted by Crippen LogP contribution is 2.24. The number of hydrogen-bond acceptors (Lipinski definition) is 1. The van der Waals surface area contributed by atoms with Crippen LogP contribution in [0.15, 0.2) is 35.9 Å². The van der Waals surface area contributed by atoms with Crippen LogP contribution in [0.2, 0.25) is 0 Å². The van der Waals surface area contributed by atoms with Crippen LogP contribution < -0.4 is 5.32 Å². The topological polar surface area (TPSA) is 29.1 Å². The first-order valence-corrected chi connectivity index (χ1v) is 7.03. The fraction of sp³-hybridized carbons (Fsp3) is 0.471. The second-order valence-electron chi connectivity index (χ2n) is 6.31. The van der Waals surface area contributed by atoms with E-state index in [1.165, 1.54) is 17.6 Å². The zero-order chi connectivity index (χ0) is 13.9. The van der Waals surface area contributed by atoms with E-state index in [1.54, 1.807) is 0 Å². The molecule has 1 aromatic rings. The maximum Gasteiger partial charge on any atom is 0.228 e. The smallest absolute Gasteiger partial charge is 0.228 e. The number of amides is 1. The van der Waals surface area contributed by atoms with Crippen molar-refractivity contribution in [2.45, 2.75) is 51.9 Å². The molecule has 0 saturated carbocycles. The molecule has 0 aromatic heterocycles. The number of carbonyl (C=O) groups excluding carboxylic acids is 1. The van der Waals surface area contributed by atoms with Gasteiger partial charge in [0.15, 0.2) is 0 Å². The average Bonchev–Trinajstić information content (AvgIpc) is 2.81. The van der Waals surface area contributed by atoms with E-state index < -0.39 is 0 Å². The van der Waals surface area contributed by atoms with Gasteiger partial charge in [-0.1, -0.05) is 44.6 Å². The Balaban J connectivity index is 1.94. The third kappa shape index (κ3) is 3.95. The largest absolute Gasteiger partial charge is 0.326 e. The Kier molecular flexibility index (Phi) is 4.08. The van der Waals surface area contributed by atoms with E-state index >= 15 is 0 Å². The fourth-order valence-electron chi connectivity index (χ4n) is 2.36. The van der Waals surface area contributed by atoms with Gasteiger partial charge in [-0.15, -0.1) is 0 Å². The monoisotopic (exact) mass is 257 g/mol. The highest BCUT2D eigenvalue weighted by Gasteiger charge is 2.14. The van der Waals surface area contributed by atoms with Crippen LogP contribution >= 0.6 is 0 Å². The Morgan fingerprint density at radius 2 is 1.89 bits per heavy atom. The molecule has 2 rings (SSSR count). The Bertz CT molecular complexity index is 477. The Morgan fingerprint density at radius 1 is 1.21 bits per heavy atom. The molecule has 2 nitrogen and oxygen atoms in total. The number of nitrogens with one attached hydrogen (secondary N) is 1. The summed E-state index contributed by atoms with van der Waals surface area (Å²) in [5, 5.41) is 2.97. The molecule has 0 heterocycles. The average molecular weight is 257 g/mol. The Labute approximate surface area is 115 Å². The van der Waals surface area contributed by atoms with Crippen molar-refractivity contribution in [1.29, 1.82) is 0 Å². The quantitative estimate of drug-likeness (QED) is 0.798. The molecule has 102 valence electrons. The van der Waals surface area contributed by atoms with Crippen LogP contribution in [0.25, 0.3) is 0 Å². The molecule has 1 aliphatic rings. The molecule has 1 aromatic carbocycles. The van der Waals surface area contributed by atoms with Gasteiger partial charge < -0.3 is 5.32 Å². The molecule has 0 spiro atoms. The van der Waals surface area contributed by atoms with E-state index in [4.69, 9.17) is 0 Å². The van der Waals surface area contributed by atoms with E-state index in [-0.39, 0.29) is 11.3 Å². The van der Waals surface area contributed by atoms with Crippen LogP contribution in [0.4, 0.5) is 5.69 Å². The molecule has 0 saturated heterocycles. The molecule has 0 radical (unpaired) electrons. The molecule has 1 N–H and O–H groups in total. The number of allylic oxidation sites excluding steroid dienone is 1. The Hall–Kier alpha value is -1.57. The summed E-state index contributed by atoms with van der Waals surface area (Å²) in [4.78, 5) is 11.9. The molecule has 0 aliphatic heterocycles. The van der Waals surface area contributed by atoms with Gasteiger partial charge in [0.25, 0.3) is 0 Å². The van der Waals surface area contributed by atoms with Crippen molar-refractivity contribution < 1.29 is 4.79 Å². The van der Waals surface area contributed by atoms with Crippen molar-refractivity contribution in [3.05, 3.63) is 41.5 Å². The van der Waals surface area contributed by atoms with Gasteiger partial charge in [-0.25, -0.2) is 0 Å². The summed E-state index contributed by atoms with van der Waals surface area (Å²) in [6, 6.07) is 8.15. The molecule has 0 fully saturated rings. The van der Waals surface area contributed by atoms with Gasteiger partial charge in [-0.3, -0.25) is 4.79 Å². The predicted molar refractivity (Wildman–Crippen MR) is 80.3 cm³/mol. The number of hydrogen-bond donors (Lipinski definition) is 1. The molecular weight excluding hydrogens is 234 g/mol. The number of benzene rings is 1. The van der Waals surface area contributed by atoms with Crippen molar-refractivity contribution in [3.8, 4) is 0 Å². The van der Waals surface area contributed by atoms with Crippen molar-refractivity contribution in [3.63, 3.8) is 0 Å². The summed E-state index contributed by atoms with van der Waals surface area (Å²) in [5.41, 5.74) is 3.60. The molecular formula is C17H23NO. The summed E-state index contributed by atoms with van der Waals surface area (Å²) in [6.45, 7) is 6.56. The predicted octanol–water partition coefficient (Wildman–Crippen LogP) is 4.42. The minimum absolute atomic E-state index is 0.0941. The van der Waals surface area contributed by atoms with E-state index in [2.05, 4.69) is 44.3 Å². The summed E-state index contributed by atoms with van der Waals surface area (Å²) in [6.07, 6.45) is 6.14. The normalized spacial score (nSPS) is 15.2. The van der Waals surface area contributed by atoms with E-state index in [1.807, 2.05) is 12.1 Å². The lowest BCUT2D eigenvalue weighted by Crippen LogP contribution is -2.13. The zero-order valence-electron chi connectivity index (χ0n) is 12.1. The maximum atomic E-state index is 11.9. The third-order valence-electron chi connectivity index (χ3n) is 3.56. The molecule has 19 heavy (non-hydrogen) atoms.